The van der Waals surface area contributed by atoms with E-state index in [9.17, 15) is 18.0 Å². The number of halogens is 3. The zero-order valence-corrected chi connectivity index (χ0v) is 9.60. The molecule has 0 spiro atoms. The molecule has 0 aliphatic rings. The number of aryl methyl sites for hydroxylation is 1. The Hall–Kier alpha value is -1.52. The van der Waals surface area contributed by atoms with Gasteiger partial charge in [-0.25, -0.2) is 0 Å². The second-order valence-electron chi connectivity index (χ2n) is 3.66. The summed E-state index contributed by atoms with van der Waals surface area (Å²) in [6.07, 6.45) is -4.02. The Labute approximate surface area is 97.4 Å². The van der Waals surface area contributed by atoms with Gasteiger partial charge in [0.15, 0.2) is 0 Å². The van der Waals surface area contributed by atoms with Crippen molar-refractivity contribution in [2.24, 2.45) is 0 Å². The molecule has 1 aromatic rings. The number of hydrogen-bond acceptors (Lipinski definition) is 2. The van der Waals surface area contributed by atoms with Gasteiger partial charge in [-0.15, -0.1) is 0 Å². The van der Waals surface area contributed by atoms with Crippen molar-refractivity contribution in [3.05, 3.63) is 34.9 Å². The van der Waals surface area contributed by atoms with Crippen LogP contribution in [0.5, 0.6) is 0 Å². The number of hydrogen-bond donors (Lipinski definition) is 0. The minimum atomic E-state index is -4.36. The maximum Gasteiger partial charge on any atom is 0.416 e. The summed E-state index contributed by atoms with van der Waals surface area (Å²) in [5, 5.41) is 0. The average molecular weight is 246 g/mol. The first-order chi connectivity index (χ1) is 7.86. The Morgan fingerprint density at radius 3 is 2.53 bits per heavy atom. The molecule has 0 saturated carbocycles. The van der Waals surface area contributed by atoms with Crippen LogP contribution in [0.4, 0.5) is 13.2 Å². The van der Waals surface area contributed by atoms with Crippen LogP contribution in [-0.4, -0.2) is 13.1 Å². The lowest BCUT2D eigenvalue weighted by atomic mass is 9.98. The fourth-order valence-electron chi connectivity index (χ4n) is 1.60. The molecule has 17 heavy (non-hydrogen) atoms. The summed E-state index contributed by atoms with van der Waals surface area (Å²) in [5.74, 6) is -0.429. The summed E-state index contributed by atoms with van der Waals surface area (Å²) in [6, 6.07) is 3.98. The van der Waals surface area contributed by atoms with E-state index in [-0.39, 0.29) is 18.4 Å². The van der Waals surface area contributed by atoms with Gasteiger partial charge in [-0.2, -0.15) is 13.2 Å². The Bertz CT molecular complexity index is 411. The average Bonchev–Trinajstić information content (AvgIpc) is 2.25. The van der Waals surface area contributed by atoms with Crippen molar-refractivity contribution in [1.82, 2.24) is 0 Å². The molecule has 0 aliphatic carbocycles. The molecule has 5 heteroatoms. The standard InChI is InChI=1S/C12H13F3O2/c1-8-9(6-7-11(16)17-2)4-3-5-10(8)12(13,14)15/h3-5H,6-7H2,1-2H3. The van der Waals surface area contributed by atoms with Crippen LogP contribution in [-0.2, 0) is 22.1 Å². The Balaban J connectivity index is 2.91. The number of methoxy groups -OCH3 is 1. The van der Waals surface area contributed by atoms with E-state index < -0.39 is 17.7 Å². The molecule has 94 valence electrons. The van der Waals surface area contributed by atoms with E-state index in [0.29, 0.717) is 5.56 Å². The van der Waals surface area contributed by atoms with Crippen LogP contribution in [0.1, 0.15) is 23.1 Å². The van der Waals surface area contributed by atoms with Gasteiger partial charge >= 0.3 is 12.1 Å². The third kappa shape index (κ3) is 3.47. The first-order valence-electron chi connectivity index (χ1n) is 5.08. The van der Waals surface area contributed by atoms with E-state index in [4.69, 9.17) is 0 Å². The van der Waals surface area contributed by atoms with Crippen molar-refractivity contribution >= 4 is 5.97 Å². The molecular weight excluding hydrogens is 233 g/mol. The maximum atomic E-state index is 12.6. The van der Waals surface area contributed by atoms with Crippen LogP contribution < -0.4 is 0 Å². The van der Waals surface area contributed by atoms with Gasteiger partial charge in [0, 0.05) is 6.42 Å². The fraction of sp³-hybridized carbons (Fsp3) is 0.417. The molecule has 0 radical (unpaired) electrons. The molecular formula is C12H13F3O2. The molecule has 0 aliphatic heterocycles. The highest BCUT2D eigenvalue weighted by Gasteiger charge is 2.32. The van der Waals surface area contributed by atoms with Crippen LogP contribution >= 0.6 is 0 Å². The van der Waals surface area contributed by atoms with Crippen LogP contribution in [0.15, 0.2) is 18.2 Å². The predicted molar refractivity (Wildman–Crippen MR) is 56.5 cm³/mol. The summed E-state index contributed by atoms with van der Waals surface area (Å²) in [7, 11) is 1.25. The van der Waals surface area contributed by atoms with Gasteiger partial charge in [-0.05, 0) is 30.5 Å². The molecule has 0 heterocycles. The molecule has 0 bridgehead atoms. The molecule has 0 saturated heterocycles. The lowest BCUT2D eigenvalue weighted by Gasteiger charge is -2.13. The first-order valence-corrected chi connectivity index (χ1v) is 5.08. The molecule has 2 nitrogen and oxygen atoms in total. The quantitative estimate of drug-likeness (QED) is 0.766. The number of ether oxygens (including phenoxy) is 1. The lowest BCUT2D eigenvalue weighted by Crippen LogP contribution is -2.10. The SMILES string of the molecule is COC(=O)CCc1cccc(C(F)(F)F)c1C. The first kappa shape index (κ1) is 13.5. The van der Waals surface area contributed by atoms with Crippen molar-refractivity contribution in [2.45, 2.75) is 25.9 Å². The van der Waals surface area contributed by atoms with Crippen molar-refractivity contribution < 1.29 is 22.7 Å². The van der Waals surface area contributed by atoms with Gasteiger partial charge in [-0.3, -0.25) is 4.79 Å². The minimum Gasteiger partial charge on any atom is -0.469 e. The number of benzene rings is 1. The van der Waals surface area contributed by atoms with Crippen molar-refractivity contribution in [3.8, 4) is 0 Å². The Morgan fingerprint density at radius 2 is 2.00 bits per heavy atom. The molecule has 0 unspecified atom stereocenters. The molecule has 1 aromatic carbocycles. The number of esters is 1. The van der Waals surface area contributed by atoms with Gasteiger partial charge < -0.3 is 4.74 Å². The largest absolute Gasteiger partial charge is 0.469 e. The number of rotatable bonds is 3. The lowest BCUT2D eigenvalue weighted by molar-refractivity contribution is -0.140. The third-order valence-electron chi connectivity index (χ3n) is 2.58. The smallest absolute Gasteiger partial charge is 0.416 e. The Morgan fingerprint density at radius 1 is 1.35 bits per heavy atom. The summed E-state index contributed by atoms with van der Waals surface area (Å²) >= 11 is 0. The molecule has 0 fully saturated rings. The van der Waals surface area contributed by atoms with E-state index in [0.717, 1.165) is 6.07 Å². The van der Waals surface area contributed by atoms with Gasteiger partial charge in [0.1, 0.15) is 0 Å². The minimum absolute atomic E-state index is 0.0820. The second-order valence-corrected chi connectivity index (χ2v) is 3.66. The molecule has 0 N–H and O–H groups in total. The molecule has 1 rings (SSSR count). The summed E-state index contributed by atoms with van der Waals surface area (Å²) in [5.41, 5.74) is 0.0361. The van der Waals surface area contributed by atoms with E-state index in [1.54, 1.807) is 6.07 Å². The van der Waals surface area contributed by atoms with Crippen LogP contribution in [0.25, 0.3) is 0 Å². The van der Waals surface area contributed by atoms with Gasteiger partial charge in [0.25, 0.3) is 0 Å². The second kappa shape index (κ2) is 5.21. The van der Waals surface area contributed by atoms with E-state index in [2.05, 4.69) is 4.74 Å². The Kier molecular flexibility index (Phi) is 4.15. The van der Waals surface area contributed by atoms with Crippen molar-refractivity contribution in [3.63, 3.8) is 0 Å². The topological polar surface area (TPSA) is 26.3 Å². The summed E-state index contributed by atoms with van der Waals surface area (Å²) in [6.45, 7) is 1.41. The zero-order valence-electron chi connectivity index (χ0n) is 9.60. The van der Waals surface area contributed by atoms with Crippen molar-refractivity contribution in [1.29, 1.82) is 0 Å². The number of carbonyl (C=O) groups is 1. The number of alkyl halides is 3. The predicted octanol–water partition coefficient (Wildman–Crippen LogP) is 3.12. The summed E-state index contributed by atoms with van der Waals surface area (Å²) < 4.78 is 42.3. The maximum absolute atomic E-state index is 12.6. The van der Waals surface area contributed by atoms with Gasteiger partial charge in [0.05, 0.1) is 12.7 Å². The van der Waals surface area contributed by atoms with Crippen molar-refractivity contribution in [2.75, 3.05) is 7.11 Å². The zero-order chi connectivity index (χ0) is 13.1. The van der Waals surface area contributed by atoms with Crippen LogP contribution in [0.2, 0.25) is 0 Å². The monoisotopic (exact) mass is 246 g/mol. The van der Waals surface area contributed by atoms with Crippen LogP contribution in [0.3, 0.4) is 0 Å². The van der Waals surface area contributed by atoms with E-state index in [1.165, 1.54) is 20.1 Å². The molecule has 0 atom stereocenters. The van der Waals surface area contributed by atoms with Gasteiger partial charge in [-0.1, -0.05) is 12.1 Å². The molecule has 0 aromatic heterocycles. The number of carbonyl (C=O) groups excluding carboxylic acids is 1. The van der Waals surface area contributed by atoms with Gasteiger partial charge in [0.2, 0.25) is 0 Å². The highest BCUT2D eigenvalue weighted by atomic mass is 19.4. The van der Waals surface area contributed by atoms with Crippen LogP contribution in [0, 0.1) is 6.92 Å². The highest BCUT2D eigenvalue weighted by Crippen LogP contribution is 2.33. The van der Waals surface area contributed by atoms with E-state index >= 15 is 0 Å². The fourth-order valence-corrected chi connectivity index (χ4v) is 1.60. The highest BCUT2D eigenvalue weighted by molar-refractivity contribution is 5.69. The normalized spacial score (nSPS) is 11.4. The van der Waals surface area contributed by atoms with E-state index in [1.807, 2.05) is 0 Å². The third-order valence-corrected chi connectivity index (χ3v) is 2.58. The summed E-state index contributed by atoms with van der Waals surface area (Å²) in [4.78, 5) is 10.9. The molecule has 0 amide bonds.